The summed E-state index contributed by atoms with van der Waals surface area (Å²) < 4.78 is 0. The Bertz CT molecular complexity index is 629. The molecule has 0 aromatic heterocycles. The first-order chi connectivity index (χ1) is 9.72. The predicted octanol–water partition coefficient (Wildman–Crippen LogP) is 5.03. The van der Waals surface area contributed by atoms with Gasteiger partial charge in [0.05, 0.1) is 0 Å². The Hall–Kier alpha value is -1.60. The molecule has 0 unspecified atom stereocenters. The van der Waals surface area contributed by atoms with Gasteiger partial charge >= 0.3 is 0 Å². The molecule has 0 atom stereocenters. The van der Waals surface area contributed by atoms with Crippen molar-refractivity contribution in [1.29, 1.82) is 0 Å². The Kier molecular flexibility index (Phi) is 3.88. The van der Waals surface area contributed by atoms with Crippen LogP contribution in [0.4, 0.5) is 0 Å². The van der Waals surface area contributed by atoms with Crippen LogP contribution < -0.4 is 0 Å². The molecule has 1 nitrogen and oxygen atoms in total. The maximum Gasteiger partial charge on any atom is 0.167 e. The van der Waals surface area contributed by atoms with Crippen LogP contribution in [0, 0.1) is 0 Å². The molecule has 1 fully saturated rings. The number of hydrogen-bond donors (Lipinski definition) is 0. The Balaban J connectivity index is 1.76. The van der Waals surface area contributed by atoms with E-state index < -0.39 is 0 Å². The summed E-state index contributed by atoms with van der Waals surface area (Å²) in [6, 6.07) is 15.6. The van der Waals surface area contributed by atoms with E-state index >= 15 is 0 Å². The molecule has 0 bridgehead atoms. The number of benzene rings is 2. The molecule has 1 aliphatic rings. The second-order valence-electron chi connectivity index (χ2n) is 5.48. The van der Waals surface area contributed by atoms with E-state index in [1.807, 2.05) is 36.4 Å². The highest BCUT2D eigenvalue weighted by Crippen LogP contribution is 2.36. The zero-order valence-corrected chi connectivity index (χ0v) is 12.1. The number of hydrogen-bond acceptors (Lipinski definition) is 1. The molecular formula is C18H17ClO. The fourth-order valence-corrected chi connectivity index (χ4v) is 2.85. The lowest BCUT2D eigenvalue weighted by Gasteiger charge is -2.26. The van der Waals surface area contributed by atoms with Crippen molar-refractivity contribution in [3.63, 3.8) is 0 Å². The third-order valence-electron chi connectivity index (χ3n) is 4.04. The van der Waals surface area contributed by atoms with Gasteiger partial charge in [0.1, 0.15) is 0 Å². The highest BCUT2D eigenvalue weighted by Gasteiger charge is 2.20. The van der Waals surface area contributed by atoms with Gasteiger partial charge < -0.3 is 0 Å². The largest absolute Gasteiger partial charge is 0.294 e. The smallest absolute Gasteiger partial charge is 0.167 e. The zero-order chi connectivity index (χ0) is 13.9. The molecular weight excluding hydrogens is 268 g/mol. The van der Waals surface area contributed by atoms with Crippen LogP contribution >= 0.6 is 11.6 Å². The topological polar surface area (TPSA) is 17.1 Å². The predicted molar refractivity (Wildman–Crippen MR) is 82.5 cm³/mol. The fourth-order valence-electron chi connectivity index (χ4n) is 2.64. The van der Waals surface area contributed by atoms with Crippen molar-refractivity contribution < 1.29 is 4.79 Å². The summed E-state index contributed by atoms with van der Waals surface area (Å²) in [6.45, 7) is 0. The standard InChI is InChI=1S/C18H17ClO/c19-17-9-1-4-13(10-17)11-18(20)16-8-3-7-15(12-16)14-5-2-6-14/h1,3-4,7-10,12,14H,2,5-6,11H2. The number of halogens is 1. The minimum Gasteiger partial charge on any atom is -0.294 e. The van der Waals surface area contributed by atoms with Gasteiger partial charge in [0.25, 0.3) is 0 Å². The summed E-state index contributed by atoms with van der Waals surface area (Å²) in [5.74, 6) is 0.822. The molecule has 0 spiro atoms. The molecule has 0 saturated heterocycles. The molecule has 2 aromatic carbocycles. The molecule has 2 heteroatoms. The average Bonchev–Trinajstić information content (AvgIpc) is 2.37. The Morgan fingerprint density at radius 2 is 1.90 bits per heavy atom. The molecule has 1 saturated carbocycles. The molecule has 0 N–H and O–H groups in total. The summed E-state index contributed by atoms with van der Waals surface area (Å²) in [4.78, 5) is 12.4. The Morgan fingerprint density at radius 1 is 1.10 bits per heavy atom. The van der Waals surface area contributed by atoms with Crippen molar-refractivity contribution >= 4 is 17.4 Å². The van der Waals surface area contributed by atoms with E-state index in [4.69, 9.17) is 11.6 Å². The lowest BCUT2D eigenvalue weighted by Crippen LogP contribution is -2.10. The van der Waals surface area contributed by atoms with Gasteiger partial charge in [0.15, 0.2) is 5.78 Å². The molecule has 20 heavy (non-hydrogen) atoms. The van der Waals surface area contributed by atoms with Gasteiger partial charge in [-0.3, -0.25) is 4.79 Å². The normalized spacial score (nSPS) is 14.8. The molecule has 0 radical (unpaired) electrons. The van der Waals surface area contributed by atoms with E-state index in [9.17, 15) is 4.79 Å². The van der Waals surface area contributed by atoms with Gasteiger partial charge in [0.2, 0.25) is 0 Å². The Labute approximate surface area is 124 Å². The summed E-state index contributed by atoms with van der Waals surface area (Å²) in [6.07, 6.45) is 4.23. The van der Waals surface area contributed by atoms with Crippen LogP contribution in [0.3, 0.4) is 0 Å². The quantitative estimate of drug-likeness (QED) is 0.720. The fraction of sp³-hybridized carbons (Fsp3) is 0.278. The third kappa shape index (κ3) is 2.94. The maximum atomic E-state index is 12.4. The van der Waals surface area contributed by atoms with Gasteiger partial charge in [0, 0.05) is 17.0 Å². The number of rotatable bonds is 4. The van der Waals surface area contributed by atoms with Gasteiger partial charge in [-0.25, -0.2) is 0 Å². The molecule has 0 amide bonds. The number of Topliss-reactive ketones (excluding diaryl/α,β-unsaturated/α-hetero) is 1. The van der Waals surface area contributed by atoms with Crippen LogP contribution in [0.5, 0.6) is 0 Å². The number of ketones is 1. The maximum absolute atomic E-state index is 12.4. The summed E-state index contributed by atoms with van der Waals surface area (Å²) in [5.41, 5.74) is 3.10. The molecule has 102 valence electrons. The third-order valence-corrected chi connectivity index (χ3v) is 4.27. The van der Waals surface area contributed by atoms with E-state index in [0.717, 1.165) is 11.1 Å². The lowest BCUT2D eigenvalue weighted by molar-refractivity contribution is 0.0993. The van der Waals surface area contributed by atoms with E-state index in [2.05, 4.69) is 12.1 Å². The van der Waals surface area contributed by atoms with Crippen LogP contribution in [0.2, 0.25) is 5.02 Å². The summed E-state index contributed by atoms with van der Waals surface area (Å²) >= 11 is 5.96. The van der Waals surface area contributed by atoms with Crippen LogP contribution in [0.15, 0.2) is 48.5 Å². The molecule has 2 aromatic rings. The van der Waals surface area contributed by atoms with Crippen molar-refractivity contribution in [2.45, 2.75) is 31.6 Å². The van der Waals surface area contributed by atoms with Crippen LogP contribution in [0.1, 0.15) is 46.7 Å². The first-order valence-corrected chi connectivity index (χ1v) is 7.48. The lowest BCUT2D eigenvalue weighted by atomic mass is 9.79. The number of carbonyl (C=O) groups is 1. The zero-order valence-electron chi connectivity index (χ0n) is 11.3. The average molecular weight is 285 g/mol. The van der Waals surface area contributed by atoms with E-state index in [0.29, 0.717) is 17.4 Å². The summed E-state index contributed by atoms with van der Waals surface area (Å²) in [5, 5.41) is 0.679. The first kappa shape index (κ1) is 13.4. The van der Waals surface area contributed by atoms with Crippen LogP contribution in [-0.4, -0.2) is 5.78 Å². The molecule has 3 rings (SSSR count). The van der Waals surface area contributed by atoms with Crippen molar-refractivity contribution in [2.24, 2.45) is 0 Å². The van der Waals surface area contributed by atoms with Crippen LogP contribution in [0.25, 0.3) is 0 Å². The highest BCUT2D eigenvalue weighted by atomic mass is 35.5. The minimum atomic E-state index is 0.161. The van der Waals surface area contributed by atoms with Crippen LogP contribution in [-0.2, 0) is 6.42 Å². The second kappa shape index (κ2) is 5.80. The van der Waals surface area contributed by atoms with Crippen molar-refractivity contribution in [1.82, 2.24) is 0 Å². The monoisotopic (exact) mass is 284 g/mol. The van der Waals surface area contributed by atoms with Crippen molar-refractivity contribution in [3.05, 3.63) is 70.2 Å². The van der Waals surface area contributed by atoms with E-state index in [-0.39, 0.29) is 5.78 Å². The number of carbonyl (C=O) groups excluding carboxylic acids is 1. The highest BCUT2D eigenvalue weighted by molar-refractivity contribution is 6.30. The van der Waals surface area contributed by atoms with E-state index in [1.54, 1.807) is 0 Å². The van der Waals surface area contributed by atoms with Gasteiger partial charge in [-0.05, 0) is 48.1 Å². The SMILES string of the molecule is O=C(Cc1cccc(Cl)c1)c1cccc(C2CCC2)c1. The summed E-state index contributed by atoms with van der Waals surface area (Å²) in [7, 11) is 0. The van der Waals surface area contributed by atoms with Gasteiger partial charge in [-0.15, -0.1) is 0 Å². The van der Waals surface area contributed by atoms with Crippen molar-refractivity contribution in [2.75, 3.05) is 0 Å². The van der Waals surface area contributed by atoms with Gasteiger partial charge in [-0.1, -0.05) is 48.4 Å². The van der Waals surface area contributed by atoms with E-state index in [1.165, 1.54) is 24.8 Å². The Morgan fingerprint density at radius 3 is 2.60 bits per heavy atom. The molecule has 0 heterocycles. The minimum absolute atomic E-state index is 0.161. The first-order valence-electron chi connectivity index (χ1n) is 7.10. The molecule has 0 aliphatic heterocycles. The second-order valence-corrected chi connectivity index (χ2v) is 5.92. The molecule has 1 aliphatic carbocycles. The van der Waals surface area contributed by atoms with Crippen molar-refractivity contribution in [3.8, 4) is 0 Å². The van der Waals surface area contributed by atoms with Gasteiger partial charge in [-0.2, -0.15) is 0 Å².